The molecule has 1 aliphatic rings. The van der Waals surface area contributed by atoms with Gasteiger partial charge in [0, 0.05) is 45.3 Å². The van der Waals surface area contributed by atoms with Gasteiger partial charge in [0.05, 0.1) is 26.3 Å². The molecule has 0 N–H and O–H groups in total. The first-order chi connectivity index (χ1) is 15.5. The van der Waals surface area contributed by atoms with Crippen LogP contribution in [0.2, 0.25) is 0 Å². The zero-order chi connectivity index (χ0) is 23.1. The average molecular weight is 445 g/mol. The van der Waals surface area contributed by atoms with Crippen LogP contribution in [-0.4, -0.2) is 91.7 Å². The molecule has 1 aromatic heterocycles. The summed E-state index contributed by atoms with van der Waals surface area (Å²) >= 11 is 0. The van der Waals surface area contributed by atoms with E-state index in [4.69, 9.17) is 14.0 Å². The zero-order valence-corrected chi connectivity index (χ0v) is 19.3. The SMILES string of the molecule is CCN(CC)C(=O)CN1CCCN(C(=O)c2cc(-c3cc(OC)ccc3OC)on2)CC1. The van der Waals surface area contributed by atoms with Crippen molar-refractivity contribution in [2.45, 2.75) is 20.3 Å². The normalized spacial score (nSPS) is 14.7. The molecule has 2 heterocycles. The first-order valence-corrected chi connectivity index (χ1v) is 11.0. The number of carbonyl (C=O) groups excluding carboxylic acids is 2. The number of hydrogen-bond acceptors (Lipinski definition) is 7. The van der Waals surface area contributed by atoms with Crippen molar-refractivity contribution in [1.82, 2.24) is 19.9 Å². The van der Waals surface area contributed by atoms with Gasteiger partial charge in [-0.05, 0) is 38.5 Å². The lowest BCUT2D eigenvalue weighted by molar-refractivity contribution is -0.132. The van der Waals surface area contributed by atoms with E-state index in [1.165, 1.54) is 0 Å². The van der Waals surface area contributed by atoms with Gasteiger partial charge in [-0.2, -0.15) is 0 Å². The fraction of sp³-hybridized carbons (Fsp3) is 0.522. The van der Waals surface area contributed by atoms with Gasteiger partial charge in [0.2, 0.25) is 5.91 Å². The number of ether oxygens (including phenoxy) is 2. The number of aromatic nitrogens is 1. The monoisotopic (exact) mass is 444 g/mol. The summed E-state index contributed by atoms with van der Waals surface area (Å²) in [6.45, 7) is 8.34. The van der Waals surface area contributed by atoms with Crippen LogP contribution in [0.3, 0.4) is 0 Å². The third kappa shape index (κ3) is 5.40. The van der Waals surface area contributed by atoms with E-state index in [0.717, 1.165) is 13.0 Å². The van der Waals surface area contributed by atoms with Crippen LogP contribution in [0.1, 0.15) is 30.8 Å². The summed E-state index contributed by atoms with van der Waals surface area (Å²) in [5, 5.41) is 4.01. The minimum Gasteiger partial charge on any atom is -0.497 e. The van der Waals surface area contributed by atoms with Crippen LogP contribution in [0, 0.1) is 0 Å². The summed E-state index contributed by atoms with van der Waals surface area (Å²) in [7, 11) is 3.15. The van der Waals surface area contributed by atoms with Gasteiger partial charge < -0.3 is 23.8 Å². The number of likely N-dealkylation sites (N-methyl/N-ethyl adjacent to an activating group) is 1. The summed E-state index contributed by atoms with van der Waals surface area (Å²) in [6.07, 6.45) is 0.797. The highest BCUT2D eigenvalue weighted by atomic mass is 16.5. The Morgan fingerprint density at radius 3 is 2.53 bits per heavy atom. The minimum absolute atomic E-state index is 0.128. The second-order valence-corrected chi connectivity index (χ2v) is 7.63. The van der Waals surface area contributed by atoms with Gasteiger partial charge in [-0.25, -0.2) is 0 Å². The van der Waals surface area contributed by atoms with Crippen LogP contribution >= 0.6 is 0 Å². The lowest BCUT2D eigenvalue weighted by Gasteiger charge is -2.25. The fourth-order valence-electron chi connectivity index (χ4n) is 3.87. The van der Waals surface area contributed by atoms with Crippen molar-refractivity contribution in [1.29, 1.82) is 0 Å². The van der Waals surface area contributed by atoms with Gasteiger partial charge in [-0.1, -0.05) is 5.16 Å². The topological polar surface area (TPSA) is 88.4 Å². The molecule has 0 bridgehead atoms. The van der Waals surface area contributed by atoms with E-state index in [0.29, 0.717) is 62.1 Å². The lowest BCUT2D eigenvalue weighted by atomic mass is 10.1. The molecule has 1 fully saturated rings. The average Bonchev–Trinajstić information content (AvgIpc) is 3.19. The predicted octanol–water partition coefficient (Wildman–Crippen LogP) is 2.38. The Kier molecular flexibility index (Phi) is 8.10. The van der Waals surface area contributed by atoms with Crippen molar-refractivity contribution in [3.63, 3.8) is 0 Å². The van der Waals surface area contributed by atoms with E-state index in [1.807, 2.05) is 18.7 Å². The van der Waals surface area contributed by atoms with Crippen LogP contribution in [0.15, 0.2) is 28.8 Å². The highest BCUT2D eigenvalue weighted by Gasteiger charge is 2.25. The molecule has 0 radical (unpaired) electrons. The molecule has 32 heavy (non-hydrogen) atoms. The van der Waals surface area contributed by atoms with Gasteiger partial charge in [-0.3, -0.25) is 14.5 Å². The number of benzene rings is 1. The smallest absolute Gasteiger partial charge is 0.276 e. The Labute approximate surface area is 188 Å². The number of nitrogens with zero attached hydrogens (tertiary/aromatic N) is 4. The fourth-order valence-corrected chi connectivity index (χ4v) is 3.87. The number of carbonyl (C=O) groups is 2. The quantitative estimate of drug-likeness (QED) is 0.618. The Balaban J connectivity index is 1.67. The largest absolute Gasteiger partial charge is 0.497 e. The highest BCUT2D eigenvalue weighted by molar-refractivity contribution is 5.93. The standard InChI is InChI=1S/C23H32N4O5/c1-5-26(6-2)22(28)16-25-10-7-11-27(13-12-25)23(29)19-15-21(32-24-19)18-14-17(30-3)8-9-20(18)31-4/h8-9,14-15H,5-7,10-13,16H2,1-4H3. The summed E-state index contributed by atoms with van der Waals surface area (Å²) in [5.41, 5.74) is 0.910. The molecule has 0 saturated carbocycles. The first kappa shape index (κ1) is 23.6. The molecule has 0 spiro atoms. The van der Waals surface area contributed by atoms with E-state index in [2.05, 4.69) is 10.1 Å². The molecule has 0 atom stereocenters. The van der Waals surface area contributed by atoms with Crippen molar-refractivity contribution in [3.8, 4) is 22.8 Å². The second kappa shape index (κ2) is 11.0. The zero-order valence-electron chi connectivity index (χ0n) is 19.3. The molecule has 1 saturated heterocycles. The molecule has 9 nitrogen and oxygen atoms in total. The molecule has 0 aliphatic carbocycles. The molecule has 1 aliphatic heterocycles. The van der Waals surface area contributed by atoms with Crippen LogP contribution in [0.25, 0.3) is 11.3 Å². The molecule has 2 amide bonds. The van der Waals surface area contributed by atoms with E-state index in [-0.39, 0.29) is 17.5 Å². The lowest BCUT2D eigenvalue weighted by Crippen LogP contribution is -2.42. The van der Waals surface area contributed by atoms with E-state index in [1.54, 1.807) is 43.4 Å². The van der Waals surface area contributed by atoms with Crippen LogP contribution in [0.5, 0.6) is 11.5 Å². The Morgan fingerprint density at radius 2 is 1.84 bits per heavy atom. The summed E-state index contributed by atoms with van der Waals surface area (Å²) < 4.78 is 16.2. The predicted molar refractivity (Wildman–Crippen MR) is 120 cm³/mol. The molecule has 3 rings (SSSR count). The van der Waals surface area contributed by atoms with E-state index >= 15 is 0 Å². The maximum absolute atomic E-state index is 13.1. The van der Waals surface area contributed by atoms with Gasteiger partial charge in [0.15, 0.2) is 11.5 Å². The van der Waals surface area contributed by atoms with Gasteiger partial charge >= 0.3 is 0 Å². The molecule has 2 aromatic rings. The van der Waals surface area contributed by atoms with Gasteiger partial charge in [-0.15, -0.1) is 0 Å². The summed E-state index contributed by atoms with van der Waals surface area (Å²) in [4.78, 5) is 31.2. The van der Waals surface area contributed by atoms with E-state index < -0.39 is 0 Å². The number of methoxy groups -OCH3 is 2. The summed E-state index contributed by atoms with van der Waals surface area (Å²) in [6, 6.07) is 6.98. The Hall–Kier alpha value is -3.07. The number of amides is 2. The van der Waals surface area contributed by atoms with E-state index in [9.17, 15) is 9.59 Å². The first-order valence-electron chi connectivity index (χ1n) is 11.0. The van der Waals surface area contributed by atoms with Crippen molar-refractivity contribution >= 4 is 11.8 Å². The Bertz CT molecular complexity index is 925. The molecule has 0 unspecified atom stereocenters. The van der Waals surface area contributed by atoms with Gasteiger partial charge in [0.25, 0.3) is 5.91 Å². The van der Waals surface area contributed by atoms with Crippen LogP contribution in [0.4, 0.5) is 0 Å². The highest BCUT2D eigenvalue weighted by Crippen LogP contribution is 2.34. The molecule has 9 heteroatoms. The maximum Gasteiger partial charge on any atom is 0.276 e. The van der Waals surface area contributed by atoms with Crippen LogP contribution in [-0.2, 0) is 4.79 Å². The molecule has 174 valence electrons. The second-order valence-electron chi connectivity index (χ2n) is 7.63. The van der Waals surface area contributed by atoms with Crippen molar-refractivity contribution in [2.75, 3.05) is 60.0 Å². The molecule has 1 aromatic carbocycles. The third-order valence-corrected chi connectivity index (χ3v) is 5.75. The minimum atomic E-state index is -0.182. The number of hydrogen-bond donors (Lipinski definition) is 0. The Morgan fingerprint density at radius 1 is 1.06 bits per heavy atom. The molecular formula is C23H32N4O5. The molecular weight excluding hydrogens is 412 g/mol. The van der Waals surface area contributed by atoms with Crippen molar-refractivity contribution < 1.29 is 23.6 Å². The number of rotatable bonds is 8. The third-order valence-electron chi connectivity index (χ3n) is 5.75. The van der Waals surface area contributed by atoms with Crippen molar-refractivity contribution in [2.24, 2.45) is 0 Å². The maximum atomic E-state index is 13.1. The summed E-state index contributed by atoms with van der Waals surface area (Å²) in [5.74, 6) is 1.63. The van der Waals surface area contributed by atoms with Gasteiger partial charge in [0.1, 0.15) is 11.5 Å². The van der Waals surface area contributed by atoms with Crippen molar-refractivity contribution in [3.05, 3.63) is 30.0 Å². The van der Waals surface area contributed by atoms with Crippen LogP contribution < -0.4 is 9.47 Å².